The van der Waals surface area contributed by atoms with Gasteiger partial charge in [-0.15, -0.1) is 13.2 Å². The maximum atomic E-state index is 13.6. The van der Waals surface area contributed by atoms with Crippen molar-refractivity contribution in [1.82, 2.24) is 15.5 Å². The van der Waals surface area contributed by atoms with E-state index in [1.807, 2.05) is 0 Å². The van der Waals surface area contributed by atoms with Gasteiger partial charge in [0.25, 0.3) is 5.91 Å². The molecule has 1 heterocycles. The molecule has 2 N–H and O–H groups in total. The number of carbonyl (C=O) groups excluding carboxylic acids is 3. The van der Waals surface area contributed by atoms with Crippen LogP contribution in [0.5, 0.6) is 5.75 Å². The predicted molar refractivity (Wildman–Crippen MR) is 104 cm³/mol. The van der Waals surface area contributed by atoms with E-state index in [2.05, 4.69) is 15.4 Å². The van der Waals surface area contributed by atoms with Crippen LogP contribution < -0.4 is 15.4 Å². The number of carbonyl (C=O) groups is 3. The van der Waals surface area contributed by atoms with Gasteiger partial charge >= 0.3 is 12.4 Å². The van der Waals surface area contributed by atoms with Gasteiger partial charge in [0.1, 0.15) is 23.7 Å². The molecule has 0 spiro atoms. The van der Waals surface area contributed by atoms with Crippen molar-refractivity contribution < 1.29 is 36.7 Å². The Kier molecular flexibility index (Phi) is 6.11. The molecule has 1 aliphatic rings. The van der Waals surface area contributed by atoms with Crippen LogP contribution >= 0.6 is 0 Å². The van der Waals surface area contributed by atoms with Gasteiger partial charge in [-0.3, -0.25) is 14.5 Å². The van der Waals surface area contributed by atoms with Crippen LogP contribution in [0.1, 0.15) is 23.6 Å². The molecule has 0 bridgehead atoms. The summed E-state index contributed by atoms with van der Waals surface area (Å²) in [6, 6.07) is 8.11. The summed E-state index contributed by atoms with van der Waals surface area (Å²) in [4.78, 5) is 38.1. The summed E-state index contributed by atoms with van der Waals surface area (Å²) in [5.41, 5.74) is -0.404. The first-order valence-electron chi connectivity index (χ1n) is 9.41. The van der Waals surface area contributed by atoms with Crippen molar-refractivity contribution in [2.24, 2.45) is 0 Å². The first kappa shape index (κ1) is 23.0. The molecule has 0 aromatic heterocycles. The molecule has 4 amide bonds. The summed E-state index contributed by atoms with van der Waals surface area (Å²) in [6.07, 6.45) is -4.86. The Morgan fingerprint density at radius 3 is 2.41 bits per heavy atom. The largest absolute Gasteiger partial charge is 0.573 e. The van der Waals surface area contributed by atoms with Crippen LogP contribution in [0.2, 0.25) is 0 Å². The third-order valence-corrected chi connectivity index (χ3v) is 4.97. The molecule has 0 radical (unpaired) electrons. The minimum absolute atomic E-state index is 0.00236. The van der Waals surface area contributed by atoms with E-state index in [1.165, 1.54) is 25.1 Å². The van der Waals surface area contributed by atoms with Gasteiger partial charge in [-0.2, -0.15) is 0 Å². The van der Waals surface area contributed by atoms with Crippen molar-refractivity contribution in [3.05, 3.63) is 65.0 Å². The van der Waals surface area contributed by atoms with E-state index in [0.717, 1.165) is 12.1 Å². The van der Waals surface area contributed by atoms with Gasteiger partial charge in [0.2, 0.25) is 5.91 Å². The van der Waals surface area contributed by atoms with Crippen molar-refractivity contribution in [1.29, 1.82) is 0 Å². The molecule has 1 fully saturated rings. The van der Waals surface area contributed by atoms with Crippen LogP contribution in [-0.4, -0.2) is 35.7 Å². The standard InChI is InChI=1S/C21H19F4N3O4/c1-12-3-4-13(9-16(12)22)10-26-17(29)11-28-18(30)20(2,27-19(28)31)14-5-7-15(8-6-14)32-21(23,24)25/h3-9H,10-11H2,1-2H3,(H,26,29)(H,27,31). The van der Waals surface area contributed by atoms with Crippen LogP contribution in [0.25, 0.3) is 0 Å². The lowest BCUT2D eigenvalue weighted by Crippen LogP contribution is -2.43. The van der Waals surface area contributed by atoms with Crippen molar-refractivity contribution in [3.63, 3.8) is 0 Å². The number of rotatable bonds is 6. The molecule has 0 aliphatic carbocycles. The zero-order valence-electron chi connectivity index (χ0n) is 17.0. The number of hydrogen-bond donors (Lipinski definition) is 2. The molecule has 3 rings (SSSR count). The van der Waals surface area contributed by atoms with Gasteiger partial charge < -0.3 is 15.4 Å². The number of benzene rings is 2. The lowest BCUT2D eigenvalue weighted by molar-refractivity contribution is -0.274. The first-order chi connectivity index (χ1) is 14.9. The molecule has 170 valence electrons. The highest BCUT2D eigenvalue weighted by Crippen LogP contribution is 2.31. The van der Waals surface area contributed by atoms with Gasteiger partial charge in [-0.05, 0) is 48.7 Å². The number of alkyl halides is 3. The van der Waals surface area contributed by atoms with Gasteiger partial charge in [-0.25, -0.2) is 9.18 Å². The molecule has 7 nitrogen and oxygen atoms in total. The molecule has 1 aliphatic heterocycles. The number of aryl methyl sites for hydroxylation is 1. The molecule has 0 saturated carbocycles. The van der Waals surface area contributed by atoms with Crippen LogP contribution in [0.3, 0.4) is 0 Å². The zero-order valence-corrected chi connectivity index (χ0v) is 17.0. The fourth-order valence-electron chi connectivity index (χ4n) is 3.17. The van der Waals surface area contributed by atoms with Crippen molar-refractivity contribution in [3.8, 4) is 5.75 Å². The summed E-state index contributed by atoms with van der Waals surface area (Å²) >= 11 is 0. The molecule has 2 aromatic carbocycles. The monoisotopic (exact) mass is 453 g/mol. The smallest absolute Gasteiger partial charge is 0.406 e. The maximum absolute atomic E-state index is 13.6. The number of nitrogens with one attached hydrogen (secondary N) is 2. The maximum Gasteiger partial charge on any atom is 0.573 e. The van der Waals surface area contributed by atoms with Gasteiger partial charge in [0, 0.05) is 6.54 Å². The Bertz CT molecular complexity index is 1060. The predicted octanol–water partition coefficient (Wildman–Crippen LogP) is 3.12. The summed E-state index contributed by atoms with van der Waals surface area (Å²) in [6.45, 7) is 2.39. The van der Waals surface area contributed by atoms with E-state index in [4.69, 9.17) is 0 Å². The van der Waals surface area contributed by atoms with E-state index in [1.54, 1.807) is 19.1 Å². The van der Waals surface area contributed by atoms with Crippen LogP contribution in [0.4, 0.5) is 22.4 Å². The molecule has 1 unspecified atom stereocenters. The molecule has 1 saturated heterocycles. The molecule has 2 aromatic rings. The van der Waals surface area contributed by atoms with Gasteiger partial charge in [0.15, 0.2) is 0 Å². The van der Waals surface area contributed by atoms with Crippen molar-refractivity contribution in [2.75, 3.05) is 6.54 Å². The summed E-state index contributed by atoms with van der Waals surface area (Å²) in [5, 5.41) is 4.96. The molecule has 1 atom stereocenters. The second-order valence-electron chi connectivity index (χ2n) is 7.38. The second kappa shape index (κ2) is 8.48. The lowest BCUT2D eigenvalue weighted by Gasteiger charge is -2.22. The second-order valence-corrected chi connectivity index (χ2v) is 7.38. The van der Waals surface area contributed by atoms with Crippen LogP contribution in [0, 0.1) is 12.7 Å². The SMILES string of the molecule is Cc1ccc(CNC(=O)CN2C(=O)NC(C)(c3ccc(OC(F)(F)F)cc3)C2=O)cc1F. The average molecular weight is 453 g/mol. The summed E-state index contributed by atoms with van der Waals surface area (Å²) in [5.74, 6) is -2.30. The number of hydrogen-bond acceptors (Lipinski definition) is 4. The highest BCUT2D eigenvalue weighted by atomic mass is 19.4. The lowest BCUT2D eigenvalue weighted by atomic mass is 9.92. The van der Waals surface area contributed by atoms with Gasteiger partial charge in [0.05, 0.1) is 0 Å². The first-order valence-corrected chi connectivity index (χ1v) is 9.41. The summed E-state index contributed by atoms with van der Waals surface area (Å²) < 4.78 is 54.3. The number of amides is 4. The molecular formula is C21H19F4N3O4. The highest BCUT2D eigenvalue weighted by molar-refractivity contribution is 6.09. The topological polar surface area (TPSA) is 87.7 Å². The Hall–Kier alpha value is -3.63. The van der Waals surface area contributed by atoms with E-state index in [-0.39, 0.29) is 12.1 Å². The normalized spacial score (nSPS) is 18.5. The Morgan fingerprint density at radius 2 is 1.81 bits per heavy atom. The number of nitrogens with zero attached hydrogens (tertiary/aromatic N) is 1. The third kappa shape index (κ3) is 4.98. The Labute approximate surface area is 180 Å². The van der Waals surface area contributed by atoms with Crippen molar-refractivity contribution >= 4 is 17.8 Å². The van der Waals surface area contributed by atoms with Crippen LogP contribution in [-0.2, 0) is 21.7 Å². The molecule has 11 heteroatoms. The number of urea groups is 1. The minimum atomic E-state index is -4.86. The summed E-state index contributed by atoms with van der Waals surface area (Å²) in [7, 11) is 0. The number of ether oxygens (including phenoxy) is 1. The Morgan fingerprint density at radius 1 is 1.16 bits per heavy atom. The van der Waals surface area contributed by atoms with E-state index < -0.39 is 47.9 Å². The average Bonchev–Trinajstić information content (AvgIpc) is 2.92. The van der Waals surface area contributed by atoms with Crippen LogP contribution in [0.15, 0.2) is 42.5 Å². The minimum Gasteiger partial charge on any atom is -0.406 e. The van der Waals surface area contributed by atoms with E-state index >= 15 is 0 Å². The third-order valence-electron chi connectivity index (χ3n) is 4.97. The van der Waals surface area contributed by atoms with Crippen molar-refractivity contribution in [2.45, 2.75) is 32.3 Å². The quantitative estimate of drug-likeness (QED) is 0.520. The zero-order chi connectivity index (χ0) is 23.7. The molecular weight excluding hydrogens is 434 g/mol. The number of halogens is 4. The highest BCUT2D eigenvalue weighted by Gasteiger charge is 2.49. The van der Waals surface area contributed by atoms with Gasteiger partial charge in [-0.1, -0.05) is 24.3 Å². The van der Waals surface area contributed by atoms with E-state index in [0.29, 0.717) is 16.0 Å². The fourth-order valence-corrected chi connectivity index (χ4v) is 3.17. The Balaban J connectivity index is 1.65. The number of imide groups is 1. The fraction of sp³-hybridized carbons (Fsp3) is 0.286. The van der Waals surface area contributed by atoms with E-state index in [9.17, 15) is 31.9 Å². The molecule has 32 heavy (non-hydrogen) atoms.